The van der Waals surface area contributed by atoms with Gasteiger partial charge in [0.1, 0.15) is 10.5 Å². The van der Waals surface area contributed by atoms with Crippen molar-refractivity contribution in [2.75, 3.05) is 0 Å². The SMILES string of the molecule is Cc1cc(Cc2ccnc3[nH]ccc23)c(C(=O)O)s1. The van der Waals surface area contributed by atoms with E-state index < -0.39 is 5.97 Å². The van der Waals surface area contributed by atoms with Gasteiger partial charge in [-0.15, -0.1) is 11.3 Å². The van der Waals surface area contributed by atoms with Gasteiger partial charge in [-0.25, -0.2) is 9.78 Å². The predicted molar refractivity (Wildman–Crippen MR) is 74.9 cm³/mol. The number of carbonyl (C=O) groups is 1. The lowest BCUT2D eigenvalue weighted by molar-refractivity contribution is 0.0701. The average Bonchev–Trinajstić information content (AvgIpc) is 2.96. The third kappa shape index (κ3) is 2.13. The van der Waals surface area contributed by atoms with E-state index in [1.54, 1.807) is 6.20 Å². The number of aromatic amines is 1. The zero-order valence-corrected chi connectivity index (χ0v) is 11.1. The number of carboxylic acid groups (broad SMARTS) is 1. The van der Waals surface area contributed by atoms with E-state index in [0.29, 0.717) is 11.3 Å². The number of thiophene rings is 1. The van der Waals surface area contributed by atoms with Gasteiger partial charge in [0, 0.05) is 22.7 Å². The summed E-state index contributed by atoms with van der Waals surface area (Å²) in [5.41, 5.74) is 2.79. The van der Waals surface area contributed by atoms with Crippen LogP contribution in [-0.4, -0.2) is 21.0 Å². The second kappa shape index (κ2) is 4.51. The summed E-state index contributed by atoms with van der Waals surface area (Å²) in [6.45, 7) is 1.93. The molecule has 19 heavy (non-hydrogen) atoms. The molecule has 3 aromatic rings. The second-order valence-corrected chi connectivity index (χ2v) is 5.66. The zero-order chi connectivity index (χ0) is 13.4. The molecular formula is C14H12N2O2S. The molecule has 0 unspecified atom stereocenters. The first-order chi connectivity index (χ1) is 9.15. The van der Waals surface area contributed by atoms with E-state index in [2.05, 4.69) is 9.97 Å². The van der Waals surface area contributed by atoms with Crippen LogP contribution in [0.5, 0.6) is 0 Å². The maximum absolute atomic E-state index is 11.2. The molecule has 4 nitrogen and oxygen atoms in total. The summed E-state index contributed by atoms with van der Waals surface area (Å²) in [4.78, 5) is 20.0. The molecule has 0 amide bonds. The van der Waals surface area contributed by atoms with Crippen molar-refractivity contribution in [3.8, 4) is 0 Å². The Kier molecular flexibility index (Phi) is 2.83. The number of fused-ring (bicyclic) bond motifs is 1. The van der Waals surface area contributed by atoms with Crippen molar-refractivity contribution in [1.29, 1.82) is 0 Å². The van der Waals surface area contributed by atoms with E-state index in [4.69, 9.17) is 0 Å². The van der Waals surface area contributed by atoms with E-state index in [1.807, 2.05) is 31.3 Å². The van der Waals surface area contributed by atoms with Crippen LogP contribution in [0.1, 0.15) is 25.7 Å². The number of nitrogens with zero attached hydrogens (tertiary/aromatic N) is 1. The van der Waals surface area contributed by atoms with Gasteiger partial charge >= 0.3 is 5.97 Å². The first kappa shape index (κ1) is 11.9. The van der Waals surface area contributed by atoms with Crippen molar-refractivity contribution >= 4 is 28.3 Å². The highest BCUT2D eigenvalue weighted by atomic mass is 32.1. The minimum atomic E-state index is -0.854. The second-order valence-electron chi connectivity index (χ2n) is 4.40. The van der Waals surface area contributed by atoms with Gasteiger partial charge in [0.2, 0.25) is 0 Å². The number of carboxylic acids is 1. The van der Waals surface area contributed by atoms with Gasteiger partial charge in [0.25, 0.3) is 0 Å². The first-order valence-corrected chi connectivity index (χ1v) is 6.70. The third-order valence-electron chi connectivity index (χ3n) is 3.06. The van der Waals surface area contributed by atoms with Gasteiger partial charge in [0.15, 0.2) is 0 Å². The monoisotopic (exact) mass is 272 g/mol. The minimum Gasteiger partial charge on any atom is -0.477 e. The lowest BCUT2D eigenvalue weighted by Crippen LogP contribution is -1.98. The van der Waals surface area contributed by atoms with Crippen LogP contribution in [0.3, 0.4) is 0 Å². The molecule has 0 saturated heterocycles. The van der Waals surface area contributed by atoms with Gasteiger partial charge < -0.3 is 10.1 Å². The van der Waals surface area contributed by atoms with Crippen molar-refractivity contribution in [3.05, 3.63) is 51.5 Å². The highest BCUT2D eigenvalue weighted by Crippen LogP contribution is 2.26. The van der Waals surface area contributed by atoms with E-state index in [1.165, 1.54) is 11.3 Å². The molecule has 3 rings (SSSR count). The summed E-state index contributed by atoms with van der Waals surface area (Å²) in [6, 6.07) is 5.86. The maximum atomic E-state index is 11.2. The molecule has 0 aromatic carbocycles. The van der Waals surface area contributed by atoms with Crippen LogP contribution in [0.15, 0.2) is 30.6 Å². The van der Waals surface area contributed by atoms with Gasteiger partial charge in [-0.1, -0.05) is 0 Å². The Morgan fingerprint density at radius 1 is 1.42 bits per heavy atom. The number of H-pyrrole nitrogens is 1. The van der Waals surface area contributed by atoms with E-state index in [-0.39, 0.29) is 0 Å². The Morgan fingerprint density at radius 2 is 2.26 bits per heavy atom. The minimum absolute atomic E-state index is 0.429. The lowest BCUT2D eigenvalue weighted by Gasteiger charge is -2.02. The number of pyridine rings is 1. The largest absolute Gasteiger partial charge is 0.477 e. The van der Waals surface area contributed by atoms with Gasteiger partial charge in [-0.05, 0) is 42.7 Å². The molecule has 3 aromatic heterocycles. The van der Waals surface area contributed by atoms with Crippen LogP contribution in [0.2, 0.25) is 0 Å². The fraction of sp³-hybridized carbons (Fsp3) is 0.143. The molecular weight excluding hydrogens is 260 g/mol. The Labute approximate surface area is 113 Å². The summed E-state index contributed by atoms with van der Waals surface area (Å²) in [5, 5.41) is 10.3. The maximum Gasteiger partial charge on any atom is 0.346 e. The molecule has 0 saturated carbocycles. The van der Waals surface area contributed by atoms with Crippen LogP contribution in [0.4, 0.5) is 0 Å². The third-order valence-corrected chi connectivity index (χ3v) is 4.14. The normalized spacial score (nSPS) is 11.0. The molecule has 0 atom stereocenters. The highest BCUT2D eigenvalue weighted by molar-refractivity contribution is 7.14. The van der Waals surface area contributed by atoms with Crippen molar-refractivity contribution < 1.29 is 9.90 Å². The van der Waals surface area contributed by atoms with Crippen molar-refractivity contribution in [1.82, 2.24) is 9.97 Å². The number of rotatable bonds is 3. The molecule has 0 spiro atoms. The summed E-state index contributed by atoms with van der Waals surface area (Å²) >= 11 is 1.33. The molecule has 0 aliphatic rings. The highest BCUT2D eigenvalue weighted by Gasteiger charge is 2.15. The topological polar surface area (TPSA) is 66.0 Å². The first-order valence-electron chi connectivity index (χ1n) is 5.88. The lowest BCUT2D eigenvalue weighted by atomic mass is 10.0. The number of hydrogen-bond acceptors (Lipinski definition) is 3. The van der Waals surface area contributed by atoms with Crippen LogP contribution in [0.25, 0.3) is 11.0 Å². The van der Waals surface area contributed by atoms with Gasteiger partial charge in [0.05, 0.1) is 0 Å². The molecule has 0 aliphatic heterocycles. The van der Waals surface area contributed by atoms with Crippen molar-refractivity contribution in [3.63, 3.8) is 0 Å². The Bertz CT molecular complexity index is 758. The molecule has 0 radical (unpaired) electrons. The van der Waals surface area contributed by atoms with Crippen molar-refractivity contribution in [2.24, 2.45) is 0 Å². The fourth-order valence-corrected chi connectivity index (χ4v) is 3.13. The Hall–Kier alpha value is -2.14. The summed E-state index contributed by atoms with van der Waals surface area (Å²) in [5.74, 6) is -0.854. The molecule has 5 heteroatoms. The van der Waals surface area contributed by atoms with E-state index in [9.17, 15) is 9.90 Å². The summed E-state index contributed by atoms with van der Waals surface area (Å²) in [6.07, 6.45) is 4.20. The molecule has 0 aliphatic carbocycles. The van der Waals surface area contributed by atoms with E-state index >= 15 is 0 Å². The Morgan fingerprint density at radius 3 is 3.05 bits per heavy atom. The summed E-state index contributed by atoms with van der Waals surface area (Å²) < 4.78 is 0. The van der Waals surface area contributed by atoms with Gasteiger partial charge in [-0.3, -0.25) is 0 Å². The van der Waals surface area contributed by atoms with E-state index in [0.717, 1.165) is 27.0 Å². The fourth-order valence-electron chi connectivity index (χ4n) is 2.26. The molecule has 2 N–H and O–H groups in total. The number of nitrogens with one attached hydrogen (secondary N) is 1. The molecule has 0 fully saturated rings. The molecule has 96 valence electrons. The van der Waals surface area contributed by atoms with Crippen LogP contribution >= 0.6 is 11.3 Å². The van der Waals surface area contributed by atoms with Crippen LogP contribution < -0.4 is 0 Å². The van der Waals surface area contributed by atoms with Gasteiger partial charge in [-0.2, -0.15) is 0 Å². The average molecular weight is 272 g/mol. The Balaban J connectivity index is 2.06. The number of aryl methyl sites for hydroxylation is 1. The molecule has 0 bridgehead atoms. The number of aromatic nitrogens is 2. The van der Waals surface area contributed by atoms with Crippen LogP contribution in [-0.2, 0) is 6.42 Å². The van der Waals surface area contributed by atoms with Crippen molar-refractivity contribution in [2.45, 2.75) is 13.3 Å². The number of hydrogen-bond donors (Lipinski definition) is 2. The molecule has 3 heterocycles. The number of aromatic carboxylic acids is 1. The summed E-state index contributed by atoms with van der Waals surface area (Å²) in [7, 11) is 0. The zero-order valence-electron chi connectivity index (χ0n) is 10.3. The standard InChI is InChI=1S/C14H12N2O2S/c1-8-6-10(12(19-8)14(17)18)7-9-2-4-15-13-11(9)3-5-16-13/h2-6H,7H2,1H3,(H,15,16)(H,17,18). The van der Waals surface area contributed by atoms with Crippen LogP contribution in [0, 0.1) is 6.92 Å². The smallest absolute Gasteiger partial charge is 0.346 e. The predicted octanol–water partition coefficient (Wildman–Crippen LogP) is 3.22. The quantitative estimate of drug-likeness (QED) is 0.769.